The summed E-state index contributed by atoms with van der Waals surface area (Å²) in [7, 11) is 0. The fraction of sp³-hybridized carbons (Fsp3) is 0.533. The zero-order valence-electron chi connectivity index (χ0n) is 13.1. The van der Waals surface area contributed by atoms with Crippen molar-refractivity contribution in [2.45, 2.75) is 33.7 Å². The molecule has 6 nitrogen and oxygen atoms in total. The van der Waals surface area contributed by atoms with E-state index in [9.17, 15) is 9.59 Å². The van der Waals surface area contributed by atoms with Crippen molar-refractivity contribution in [3.05, 3.63) is 24.0 Å². The smallest absolute Gasteiger partial charge is 0.254 e. The Labute approximate surface area is 125 Å². The van der Waals surface area contributed by atoms with Crippen LogP contribution in [0.4, 0.5) is 5.69 Å². The Balaban J connectivity index is 2.66. The molecule has 0 spiro atoms. The van der Waals surface area contributed by atoms with Gasteiger partial charge in [-0.25, -0.2) is 0 Å². The molecule has 1 aromatic rings. The van der Waals surface area contributed by atoms with Gasteiger partial charge in [0.25, 0.3) is 5.91 Å². The van der Waals surface area contributed by atoms with Gasteiger partial charge in [-0.1, -0.05) is 13.8 Å². The molecule has 0 fully saturated rings. The topological polar surface area (TPSA) is 83.1 Å². The summed E-state index contributed by atoms with van der Waals surface area (Å²) in [4.78, 5) is 28.1. The quantitative estimate of drug-likeness (QED) is 0.709. The highest BCUT2D eigenvalue weighted by molar-refractivity contribution is 6.01. The van der Waals surface area contributed by atoms with Gasteiger partial charge in [0.2, 0.25) is 5.91 Å². The van der Waals surface area contributed by atoms with E-state index < -0.39 is 6.04 Å². The number of pyridine rings is 1. The van der Waals surface area contributed by atoms with Crippen molar-refractivity contribution >= 4 is 17.5 Å². The number of carbonyl (C=O) groups excluding carboxylic acids is 2. The highest BCUT2D eigenvalue weighted by Gasteiger charge is 2.18. The molecule has 0 aromatic carbocycles. The number of amides is 2. The molecule has 3 N–H and O–H groups in total. The number of hydrogen-bond donors (Lipinski definition) is 3. The lowest BCUT2D eigenvalue weighted by atomic mass is 10.2. The molecule has 1 heterocycles. The first kappa shape index (κ1) is 16.9. The molecule has 1 unspecified atom stereocenters. The van der Waals surface area contributed by atoms with Crippen LogP contribution in [0.5, 0.6) is 0 Å². The minimum Gasteiger partial charge on any atom is -0.383 e. The third kappa shape index (κ3) is 5.41. The Kier molecular flexibility index (Phi) is 6.65. The predicted octanol–water partition coefficient (Wildman–Crippen LogP) is 1.40. The van der Waals surface area contributed by atoms with E-state index in [2.05, 4.69) is 20.9 Å². The summed E-state index contributed by atoms with van der Waals surface area (Å²) in [6, 6.07) is 1.05. The number of nitrogens with one attached hydrogen (secondary N) is 3. The molecule has 0 aliphatic carbocycles. The maximum atomic E-state index is 12.2. The molecule has 0 saturated carbocycles. The van der Waals surface area contributed by atoms with Crippen LogP contribution in [0, 0.1) is 5.92 Å². The first-order chi connectivity index (χ1) is 9.95. The molecule has 0 radical (unpaired) electrons. The third-order valence-corrected chi connectivity index (χ3v) is 2.86. The zero-order valence-corrected chi connectivity index (χ0v) is 13.1. The molecule has 0 bridgehead atoms. The van der Waals surface area contributed by atoms with E-state index in [1.54, 1.807) is 25.4 Å². The van der Waals surface area contributed by atoms with Crippen LogP contribution >= 0.6 is 0 Å². The van der Waals surface area contributed by atoms with Gasteiger partial charge in [-0.15, -0.1) is 0 Å². The third-order valence-electron chi connectivity index (χ3n) is 2.86. The first-order valence-electron chi connectivity index (χ1n) is 7.22. The van der Waals surface area contributed by atoms with Gasteiger partial charge < -0.3 is 16.0 Å². The number of rotatable bonds is 7. The van der Waals surface area contributed by atoms with Crippen LogP contribution in [0.3, 0.4) is 0 Å². The number of hydrogen-bond acceptors (Lipinski definition) is 4. The Morgan fingerprint density at radius 2 is 2.00 bits per heavy atom. The average Bonchev–Trinajstić information content (AvgIpc) is 2.45. The largest absolute Gasteiger partial charge is 0.383 e. The maximum Gasteiger partial charge on any atom is 0.254 e. The van der Waals surface area contributed by atoms with Crippen LogP contribution in [0.2, 0.25) is 0 Å². The lowest BCUT2D eigenvalue weighted by molar-refractivity contribution is -0.122. The Morgan fingerprint density at radius 1 is 1.29 bits per heavy atom. The molecule has 116 valence electrons. The first-order valence-corrected chi connectivity index (χ1v) is 7.22. The van der Waals surface area contributed by atoms with Gasteiger partial charge in [-0.05, 0) is 25.8 Å². The normalized spacial score (nSPS) is 11.9. The summed E-state index contributed by atoms with van der Waals surface area (Å²) in [6.45, 7) is 8.93. The van der Waals surface area contributed by atoms with Gasteiger partial charge >= 0.3 is 0 Å². The Hall–Kier alpha value is -2.11. The SMILES string of the molecule is CCNc1cnccc1C(=O)NC(C)C(=O)NCC(C)C. The lowest BCUT2D eigenvalue weighted by Crippen LogP contribution is -2.45. The van der Waals surface area contributed by atoms with Crippen molar-refractivity contribution in [2.24, 2.45) is 5.92 Å². The molecule has 6 heteroatoms. The second kappa shape index (κ2) is 8.24. The molecule has 0 aliphatic heterocycles. The molecule has 0 saturated heterocycles. The van der Waals surface area contributed by atoms with Gasteiger partial charge in [0, 0.05) is 19.3 Å². The molecule has 2 amide bonds. The fourth-order valence-corrected chi connectivity index (χ4v) is 1.72. The maximum absolute atomic E-state index is 12.2. The van der Waals surface area contributed by atoms with Gasteiger partial charge in [0.05, 0.1) is 17.4 Å². The summed E-state index contributed by atoms with van der Waals surface area (Å²) < 4.78 is 0. The van der Waals surface area contributed by atoms with E-state index in [1.165, 1.54) is 0 Å². The summed E-state index contributed by atoms with van der Waals surface area (Å²) in [5.74, 6) is -0.103. The second-order valence-electron chi connectivity index (χ2n) is 5.29. The monoisotopic (exact) mass is 292 g/mol. The molecular weight excluding hydrogens is 268 g/mol. The predicted molar refractivity (Wildman–Crippen MR) is 83.2 cm³/mol. The van der Waals surface area contributed by atoms with E-state index in [1.807, 2.05) is 20.8 Å². The van der Waals surface area contributed by atoms with Gasteiger partial charge in [-0.3, -0.25) is 14.6 Å². The molecule has 1 aromatic heterocycles. The van der Waals surface area contributed by atoms with Crippen LogP contribution in [0.1, 0.15) is 38.1 Å². The molecule has 1 rings (SSSR count). The number of aromatic nitrogens is 1. The van der Waals surface area contributed by atoms with Crippen LogP contribution < -0.4 is 16.0 Å². The van der Waals surface area contributed by atoms with Crippen molar-refractivity contribution in [1.29, 1.82) is 0 Å². The van der Waals surface area contributed by atoms with E-state index in [0.717, 1.165) is 0 Å². The number of anilines is 1. The van der Waals surface area contributed by atoms with E-state index in [4.69, 9.17) is 0 Å². The van der Waals surface area contributed by atoms with Crippen LogP contribution in [0.15, 0.2) is 18.5 Å². The van der Waals surface area contributed by atoms with Crippen molar-refractivity contribution in [2.75, 3.05) is 18.4 Å². The molecular formula is C15H24N4O2. The van der Waals surface area contributed by atoms with Gasteiger partial charge in [0.1, 0.15) is 6.04 Å². The van der Waals surface area contributed by atoms with E-state index in [-0.39, 0.29) is 11.8 Å². The summed E-state index contributed by atoms with van der Waals surface area (Å²) in [6.07, 6.45) is 3.15. The summed E-state index contributed by atoms with van der Waals surface area (Å²) in [5.41, 5.74) is 1.14. The van der Waals surface area contributed by atoms with Crippen LogP contribution in [0.25, 0.3) is 0 Å². The van der Waals surface area contributed by atoms with Gasteiger partial charge in [-0.2, -0.15) is 0 Å². The highest BCUT2D eigenvalue weighted by Crippen LogP contribution is 2.13. The van der Waals surface area contributed by atoms with Crippen molar-refractivity contribution < 1.29 is 9.59 Å². The van der Waals surface area contributed by atoms with Gasteiger partial charge in [0.15, 0.2) is 0 Å². The van der Waals surface area contributed by atoms with Crippen LogP contribution in [-0.2, 0) is 4.79 Å². The summed E-state index contributed by atoms with van der Waals surface area (Å²) >= 11 is 0. The summed E-state index contributed by atoms with van der Waals surface area (Å²) in [5, 5.41) is 8.57. The molecule has 21 heavy (non-hydrogen) atoms. The minimum atomic E-state index is -0.584. The molecule has 1 atom stereocenters. The minimum absolute atomic E-state index is 0.184. The van der Waals surface area contributed by atoms with Crippen molar-refractivity contribution in [1.82, 2.24) is 15.6 Å². The molecule has 0 aliphatic rings. The van der Waals surface area contributed by atoms with Crippen molar-refractivity contribution in [3.63, 3.8) is 0 Å². The number of nitrogens with zero attached hydrogens (tertiary/aromatic N) is 1. The number of carbonyl (C=O) groups is 2. The van der Waals surface area contributed by atoms with Crippen LogP contribution in [-0.4, -0.2) is 35.9 Å². The van der Waals surface area contributed by atoms with E-state index in [0.29, 0.717) is 30.3 Å². The second-order valence-corrected chi connectivity index (χ2v) is 5.29. The Morgan fingerprint density at radius 3 is 2.62 bits per heavy atom. The Bertz CT molecular complexity index is 488. The van der Waals surface area contributed by atoms with E-state index >= 15 is 0 Å². The zero-order chi connectivity index (χ0) is 15.8. The lowest BCUT2D eigenvalue weighted by Gasteiger charge is -2.16. The highest BCUT2D eigenvalue weighted by atomic mass is 16.2. The standard InChI is InChI=1S/C15H24N4O2/c1-5-17-13-9-16-7-6-12(13)15(21)19-11(4)14(20)18-8-10(2)3/h6-7,9-11,17H,5,8H2,1-4H3,(H,18,20)(H,19,21). The van der Waals surface area contributed by atoms with Crippen molar-refractivity contribution in [3.8, 4) is 0 Å². The average molecular weight is 292 g/mol. The fourth-order valence-electron chi connectivity index (χ4n) is 1.72.